The molecule has 0 heterocycles. The third-order valence-electron chi connectivity index (χ3n) is 3.17. The number of carbonyl (C=O) groups excluding carboxylic acids is 1. The number of nitrogens with one attached hydrogen (secondary N) is 1. The Hall–Kier alpha value is -1.84. The van der Waals surface area contributed by atoms with Crippen LogP contribution < -0.4 is 5.32 Å². The van der Waals surface area contributed by atoms with Crippen molar-refractivity contribution < 1.29 is 14.7 Å². The molecule has 17 heavy (non-hydrogen) atoms. The summed E-state index contributed by atoms with van der Waals surface area (Å²) in [6.45, 7) is 1.48. The molecule has 0 bridgehead atoms. The average molecular weight is 233 g/mol. The predicted molar refractivity (Wildman–Crippen MR) is 62.6 cm³/mol. The Balaban J connectivity index is 2.36. The summed E-state index contributed by atoms with van der Waals surface area (Å²) in [6, 6.07) is 7.38. The van der Waals surface area contributed by atoms with Gasteiger partial charge in [-0.2, -0.15) is 0 Å². The molecule has 0 radical (unpaired) electrons. The van der Waals surface area contributed by atoms with Crippen molar-refractivity contribution in [2.75, 3.05) is 0 Å². The highest BCUT2D eigenvalue weighted by atomic mass is 16.4. The predicted octanol–water partition coefficient (Wildman–Crippen LogP) is 1.83. The smallest absolute Gasteiger partial charge is 0.310 e. The summed E-state index contributed by atoms with van der Waals surface area (Å²) in [5, 5.41) is 12.0. The van der Waals surface area contributed by atoms with Crippen LogP contribution in [-0.2, 0) is 9.59 Å². The molecule has 1 aromatic rings. The van der Waals surface area contributed by atoms with E-state index in [1.165, 1.54) is 6.92 Å². The molecule has 0 saturated carbocycles. The molecule has 2 unspecified atom stereocenters. The van der Waals surface area contributed by atoms with Crippen LogP contribution in [0.15, 0.2) is 24.3 Å². The Bertz CT molecular complexity index is 456. The number of benzene rings is 1. The van der Waals surface area contributed by atoms with Gasteiger partial charge in [0, 0.05) is 6.92 Å². The fourth-order valence-electron chi connectivity index (χ4n) is 2.44. The van der Waals surface area contributed by atoms with E-state index in [1.807, 2.05) is 24.3 Å². The van der Waals surface area contributed by atoms with Crippen molar-refractivity contribution in [3.8, 4) is 0 Å². The fraction of sp³-hybridized carbons (Fsp3) is 0.385. The van der Waals surface area contributed by atoms with Gasteiger partial charge < -0.3 is 10.4 Å². The number of rotatable bonds is 2. The molecule has 4 nitrogen and oxygen atoms in total. The second kappa shape index (κ2) is 4.57. The molecule has 2 rings (SSSR count). The molecular weight excluding hydrogens is 218 g/mol. The number of carboxylic acids is 1. The average Bonchev–Trinajstić information content (AvgIpc) is 2.28. The van der Waals surface area contributed by atoms with Gasteiger partial charge in [0.25, 0.3) is 0 Å². The lowest BCUT2D eigenvalue weighted by Crippen LogP contribution is -2.31. The van der Waals surface area contributed by atoms with Crippen molar-refractivity contribution in [2.45, 2.75) is 31.7 Å². The second-order valence-electron chi connectivity index (χ2n) is 4.35. The fourth-order valence-corrected chi connectivity index (χ4v) is 2.44. The molecule has 1 aliphatic rings. The topological polar surface area (TPSA) is 66.4 Å². The van der Waals surface area contributed by atoms with Crippen molar-refractivity contribution in [3.63, 3.8) is 0 Å². The van der Waals surface area contributed by atoms with E-state index in [4.69, 9.17) is 5.11 Å². The first kappa shape index (κ1) is 11.6. The molecule has 0 aromatic heterocycles. The van der Waals surface area contributed by atoms with Gasteiger partial charge in [-0.3, -0.25) is 9.59 Å². The third kappa shape index (κ3) is 2.30. The molecule has 2 N–H and O–H groups in total. The summed E-state index contributed by atoms with van der Waals surface area (Å²) in [6.07, 6.45) is 1.24. The number of carbonyl (C=O) groups is 2. The maximum Gasteiger partial charge on any atom is 0.310 e. The van der Waals surface area contributed by atoms with Crippen LogP contribution in [0.1, 0.15) is 42.9 Å². The summed E-state index contributed by atoms with van der Waals surface area (Å²) in [5.41, 5.74) is 1.76. The molecule has 1 aliphatic carbocycles. The molecule has 2 atom stereocenters. The van der Waals surface area contributed by atoms with E-state index in [9.17, 15) is 9.59 Å². The SMILES string of the molecule is CC(=O)NC1CCC(C(=O)O)c2ccccc21. The quantitative estimate of drug-likeness (QED) is 0.818. The van der Waals surface area contributed by atoms with Gasteiger partial charge in [0.05, 0.1) is 12.0 Å². The third-order valence-corrected chi connectivity index (χ3v) is 3.17. The highest BCUT2D eigenvalue weighted by molar-refractivity contribution is 5.78. The van der Waals surface area contributed by atoms with Gasteiger partial charge in [0.1, 0.15) is 0 Å². The van der Waals surface area contributed by atoms with E-state index in [-0.39, 0.29) is 11.9 Å². The Morgan fingerprint density at radius 3 is 2.47 bits per heavy atom. The van der Waals surface area contributed by atoms with Crippen LogP contribution in [0.25, 0.3) is 0 Å². The molecule has 0 aliphatic heterocycles. The molecule has 1 aromatic carbocycles. The zero-order chi connectivity index (χ0) is 12.4. The minimum Gasteiger partial charge on any atom is -0.481 e. The van der Waals surface area contributed by atoms with Crippen LogP contribution in [0.5, 0.6) is 0 Å². The van der Waals surface area contributed by atoms with Crippen molar-refractivity contribution in [2.24, 2.45) is 0 Å². The Morgan fingerprint density at radius 2 is 1.88 bits per heavy atom. The van der Waals surface area contributed by atoms with E-state index in [1.54, 1.807) is 0 Å². The summed E-state index contributed by atoms with van der Waals surface area (Å²) >= 11 is 0. The zero-order valence-electron chi connectivity index (χ0n) is 9.64. The number of carboxylic acid groups (broad SMARTS) is 1. The maximum atomic E-state index is 11.2. The van der Waals surface area contributed by atoms with Crippen molar-refractivity contribution in [3.05, 3.63) is 35.4 Å². The largest absolute Gasteiger partial charge is 0.481 e. The van der Waals surface area contributed by atoms with Gasteiger partial charge in [-0.05, 0) is 24.0 Å². The number of fused-ring (bicyclic) bond motifs is 1. The van der Waals surface area contributed by atoms with Gasteiger partial charge in [0.2, 0.25) is 5.91 Å². The monoisotopic (exact) mass is 233 g/mol. The summed E-state index contributed by atoms with van der Waals surface area (Å²) < 4.78 is 0. The maximum absolute atomic E-state index is 11.2. The van der Waals surface area contributed by atoms with Crippen LogP contribution in [0.3, 0.4) is 0 Å². The highest BCUT2D eigenvalue weighted by Crippen LogP contribution is 2.37. The summed E-state index contributed by atoms with van der Waals surface area (Å²) in [7, 11) is 0. The van der Waals surface area contributed by atoms with Gasteiger partial charge in [-0.1, -0.05) is 24.3 Å². The summed E-state index contributed by atoms with van der Waals surface area (Å²) in [5.74, 6) is -1.33. The van der Waals surface area contributed by atoms with Crippen molar-refractivity contribution >= 4 is 11.9 Å². The zero-order valence-corrected chi connectivity index (χ0v) is 9.64. The molecule has 4 heteroatoms. The number of amides is 1. The van der Waals surface area contributed by atoms with E-state index in [0.717, 1.165) is 11.1 Å². The number of hydrogen-bond donors (Lipinski definition) is 2. The Labute approximate surface area is 99.6 Å². The standard InChI is InChI=1S/C13H15NO3/c1-8(15)14-12-7-6-11(13(16)17)9-4-2-3-5-10(9)12/h2-5,11-12H,6-7H2,1H3,(H,14,15)(H,16,17). The molecule has 90 valence electrons. The van der Waals surface area contributed by atoms with Gasteiger partial charge in [0.15, 0.2) is 0 Å². The van der Waals surface area contributed by atoms with Crippen LogP contribution >= 0.6 is 0 Å². The Kier molecular flexibility index (Phi) is 3.13. The summed E-state index contributed by atoms with van der Waals surface area (Å²) in [4.78, 5) is 22.3. The van der Waals surface area contributed by atoms with Crippen LogP contribution in [0.4, 0.5) is 0 Å². The normalized spacial score (nSPS) is 22.6. The molecular formula is C13H15NO3. The van der Waals surface area contributed by atoms with E-state index in [0.29, 0.717) is 12.8 Å². The van der Waals surface area contributed by atoms with Crippen LogP contribution in [0.2, 0.25) is 0 Å². The molecule has 0 spiro atoms. The molecule has 1 amide bonds. The minimum absolute atomic E-state index is 0.0562. The lowest BCUT2D eigenvalue weighted by molar-refractivity contribution is -0.139. The first-order valence-electron chi connectivity index (χ1n) is 5.68. The minimum atomic E-state index is -0.793. The van der Waals surface area contributed by atoms with E-state index < -0.39 is 11.9 Å². The number of hydrogen-bond acceptors (Lipinski definition) is 2. The van der Waals surface area contributed by atoms with Crippen LogP contribution in [0, 0.1) is 0 Å². The molecule has 0 saturated heterocycles. The first-order chi connectivity index (χ1) is 8.09. The van der Waals surface area contributed by atoms with Crippen molar-refractivity contribution in [1.82, 2.24) is 5.32 Å². The lowest BCUT2D eigenvalue weighted by atomic mass is 9.80. The lowest BCUT2D eigenvalue weighted by Gasteiger charge is -2.29. The van der Waals surface area contributed by atoms with Gasteiger partial charge in [-0.25, -0.2) is 0 Å². The second-order valence-corrected chi connectivity index (χ2v) is 4.35. The van der Waals surface area contributed by atoms with Crippen molar-refractivity contribution in [1.29, 1.82) is 0 Å². The molecule has 0 fully saturated rings. The Morgan fingerprint density at radius 1 is 1.24 bits per heavy atom. The van der Waals surface area contributed by atoms with Gasteiger partial charge >= 0.3 is 5.97 Å². The van der Waals surface area contributed by atoms with Crippen LogP contribution in [-0.4, -0.2) is 17.0 Å². The first-order valence-corrected chi connectivity index (χ1v) is 5.68. The van der Waals surface area contributed by atoms with Gasteiger partial charge in [-0.15, -0.1) is 0 Å². The van der Waals surface area contributed by atoms with E-state index in [2.05, 4.69) is 5.32 Å². The van der Waals surface area contributed by atoms with E-state index >= 15 is 0 Å². The highest BCUT2D eigenvalue weighted by Gasteiger charge is 2.31. The number of aliphatic carboxylic acids is 1.